The van der Waals surface area contributed by atoms with Gasteiger partial charge in [0, 0.05) is 42.3 Å². The summed E-state index contributed by atoms with van der Waals surface area (Å²) in [5.74, 6) is 2.15. The van der Waals surface area contributed by atoms with Crippen molar-refractivity contribution in [2.75, 3.05) is 36.5 Å². The number of hydrogen-bond acceptors (Lipinski definition) is 7. The molecule has 5 rings (SSSR count). The number of nitrogens with one attached hydrogen (secondary N) is 2. The molecule has 166 valence electrons. The average molecular weight is 435 g/mol. The highest BCUT2D eigenvalue weighted by atomic mass is 16.5. The second-order valence-corrected chi connectivity index (χ2v) is 8.01. The van der Waals surface area contributed by atoms with Crippen molar-refractivity contribution in [1.29, 1.82) is 0 Å². The van der Waals surface area contributed by atoms with Crippen LogP contribution < -0.4 is 10.2 Å². The number of H-pyrrole nitrogens is 1. The van der Waals surface area contributed by atoms with E-state index in [0.29, 0.717) is 38.0 Å². The molecule has 1 fully saturated rings. The van der Waals surface area contributed by atoms with Gasteiger partial charge in [0.1, 0.15) is 5.82 Å². The lowest BCUT2D eigenvalue weighted by molar-refractivity contribution is 0.0983. The van der Waals surface area contributed by atoms with E-state index in [9.17, 15) is 9.90 Å². The van der Waals surface area contributed by atoms with Crippen LogP contribution in [0.25, 0.3) is 11.4 Å². The quantitative estimate of drug-likeness (QED) is 0.572. The normalized spacial score (nSPS) is 18.3. The average Bonchev–Trinajstić information content (AvgIpc) is 3.32. The van der Waals surface area contributed by atoms with E-state index in [4.69, 9.17) is 14.7 Å². The maximum atomic E-state index is 11.6. The number of rotatable bonds is 4. The Hall–Kier alpha value is -3.66. The maximum Gasteiger partial charge on any atom is 0.407 e. The first-order valence-corrected chi connectivity index (χ1v) is 10.7. The summed E-state index contributed by atoms with van der Waals surface area (Å²) in [6.07, 6.45) is 3.12. The van der Waals surface area contributed by atoms with Gasteiger partial charge in [0.05, 0.1) is 31.5 Å². The highest BCUT2D eigenvalue weighted by Gasteiger charge is 2.30. The third-order valence-electron chi connectivity index (χ3n) is 5.86. The number of carboxylic acid groups (broad SMARTS) is 1. The van der Waals surface area contributed by atoms with E-state index in [2.05, 4.69) is 27.1 Å². The molecule has 2 aromatic heterocycles. The van der Waals surface area contributed by atoms with Crippen LogP contribution in [0, 0.1) is 0 Å². The molecule has 32 heavy (non-hydrogen) atoms. The van der Waals surface area contributed by atoms with E-state index in [0.717, 1.165) is 34.9 Å². The van der Waals surface area contributed by atoms with Crippen LogP contribution in [-0.4, -0.2) is 68.4 Å². The first kappa shape index (κ1) is 20.3. The molecule has 1 aromatic carbocycles. The lowest BCUT2D eigenvalue weighted by atomic mass is 10.0. The minimum Gasteiger partial charge on any atom is -0.465 e. The number of benzene rings is 1. The van der Waals surface area contributed by atoms with Gasteiger partial charge >= 0.3 is 6.09 Å². The number of aromatic amines is 1. The molecule has 1 saturated heterocycles. The molecule has 0 bridgehead atoms. The number of anilines is 3. The van der Waals surface area contributed by atoms with Crippen molar-refractivity contribution in [1.82, 2.24) is 24.8 Å². The number of imidazole rings is 1. The van der Waals surface area contributed by atoms with Crippen LogP contribution >= 0.6 is 0 Å². The Labute approximate surface area is 185 Å². The Morgan fingerprint density at radius 1 is 1.25 bits per heavy atom. The minimum absolute atomic E-state index is 0.188. The largest absolute Gasteiger partial charge is 0.465 e. The molecule has 0 radical (unpaired) electrons. The molecule has 3 aromatic rings. The highest BCUT2D eigenvalue weighted by molar-refractivity contribution is 5.68. The first-order chi connectivity index (χ1) is 15.6. The summed E-state index contributed by atoms with van der Waals surface area (Å²) < 4.78 is 5.61. The molecule has 2 aliphatic heterocycles. The number of fused-ring (bicyclic) bond motifs is 1. The molecular weight excluding hydrogens is 410 g/mol. The zero-order valence-corrected chi connectivity index (χ0v) is 17.8. The summed E-state index contributed by atoms with van der Waals surface area (Å²) in [5.41, 5.74) is 3.57. The van der Waals surface area contributed by atoms with Crippen LogP contribution in [0.1, 0.15) is 18.2 Å². The Kier molecular flexibility index (Phi) is 5.36. The predicted octanol–water partition coefficient (Wildman–Crippen LogP) is 2.87. The Bertz CT molecular complexity index is 1100. The van der Waals surface area contributed by atoms with Crippen LogP contribution in [0.15, 0.2) is 36.7 Å². The van der Waals surface area contributed by atoms with Crippen LogP contribution in [0.2, 0.25) is 0 Å². The van der Waals surface area contributed by atoms with Gasteiger partial charge in [-0.2, -0.15) is 0 Å². The fourth-order valence-corrected chi connectivity index (χ4v) is 4.16. The number of morpholine rings is 1. The van der Waals surface area contributed by atoms with Gasteiger partial charge < -0.3 is 29.9 Å². The fraction of sp³-hybridized carbons (Fsp3) is 0.364. The summed E-state index contributed by atoms with van der Waals surface area (Å²) in [7, 11) is 0. The second-order valence-electron chi connectivity index (χ2n) is 8.01. The van der Waals surface area contributed by atoms with E-state index in [1.54, 1.807) is 12.4 Å². The smallest absolute Gasteiger partial charge is 0.407 e. The molecule has 0 saturated carbocycles. The van der Waals surface area contributed by atoms with E-state index in [1.165, 1.54) is 4.90 Å². The molecule has 0 spiro atoms. The molecule has 1 unspecified atom stereocenters. The van der Waals surface area contributed by atoms with Gasteiger partial charge in [0.2, 0.25) is 5.95 Å². The molecule has 1 amide bonds. The zero-order valence-electron chi connectivity index (χ0n) is 17.8. The lowest BCUT2D eigenvalue weighted by Crippen LogP contribution is -2.45. The van der Waals surface area contributed by atoms with E-state index >= 15 is 0 Å². The topological polar surface area (TPSA) is 119 Å². The van der Waals surface area contributed by atoms with Gasteiger partial charge in [-0.15, -0.1) is 0 Å². The van der Waals surface area contributed by atoms with Crippen LogP contribution in [-0.2, 0) is 17.7 Å². The van der Waals surface area contributed by atoms with Crippen LogP contribution in [0.3, 0.4) is 0 Å². The van der Waals surface area contributed by atoms with Gasteiger partial charge in [0.15, 0.2) is 5.82 Å². The van der Waals surface area contributed by atoms with Gasteiger partial charge in [0.25, 0.3) is 0 Å². The Morgan fingerprint density at radius 2 is 2.09 bits per heavy atom. The van der Waals surface area contributed by atoms with Gasteiger partial charge in [-0.25, -0.2) is 19.7 Å². The van der Waals surface area contributed by atoms with E-state index < -0.39 is 6.09 Å². The molecule has 0 aliphatic carbocycles. The SMILES string of the molecule is CC1COCCN1c1nc(-c2ccc(Nc3ncc[nH]3)cc2)nc2c1CCN(C(=O)O)C2. The summed E-state index contributed by atoms with van der Waals surface area (Å²) in [6.45, 7) is 4.87. The maximum absolute atomic E-state index is 11.6. The molecule has 10 heteroatoms. The van der Waals surface area contributed by atoms with Gasteiger partial charge in [-0.1, -0.05) is 0 Å². The molecule has 4 heterocycles. The molecular formula is C22H25N7O3. The number of amides is 1. The summed E-state index contributed by atoms with van der Waals surface area (Å²) >= 11 is 0. The van der Waals surface area contributed by atoms with E-state index in [1.807, 2.05) is 24.3 Å². The predicted molar refractivity (Wildman–Crippen MR) is 119 cm³/mol. The van der Waals surface area contributed by atoms with Crippen molar-refractivity contribution in [3.8, 4) is 11.4 Å². The van der Waals surface area contributed by atoms with Crippen molar-refractivity contribution in [3.63, 3.8) is 0 Å². The number of nitrogens with zero attached hydrogens (tertiary/aromatic N) is 5. The van der Waals surface area contributed by atoms with Crippen molar-refractivity contribution < 1.29 is 14.6 Å². The molecule has 1 atom stereocenters. The van der Waals surface area contributed by atoms with E-state index in [-0.39, 0.29) is 12.6 Å². The van der Waals surface area contributed by atoms with Crippen molar-refractivity contribution in [3.05, 3.63) is 47.9 Å². The van der Waals surface area contributed by atoms with Crippen LogP contribution in [0.5, 0.6) is 0 Å². The van der Waals surface area contributed by atoms with Crippen molar-refractivity contribution >= 4 is 23.5 Å². The third-order valence-corrected chi connectivity index (χ3v) is 5.86. The van der Waals surface area contributed by atoms with Crippen molar-refractivity contribution in [2.45, 2.75) is 25.9 Å². The Balaban J connectivity index is 1.51. The highest BCUT2D eigenvalue weighted by Crippen LogP contribution is 2.31. The summed E-state index contributed by atoms with van der Waals surface area (Å²) in [5, 5.41) is 12.7. The number of ether oxygens (including phenoxy) is 1. The molecule has 3 N–H and O–H groups in total. The van der Waals surface area contributed by atoms with Crippen LogP contribution in [0.4, 0.5) is 22.2 Å². The van der Waals surface area contributed by atoms with Crippen molar-refractivity contribution in [2.24, 2.45) is 0 Å². The lowest BCUT2D eigenvalue weighted by Gasteiger charge is -2.37. The number of carbonyl (C=O) groups is 1. The first-order valence-electron chi connectivity index (χ1n) is 10.7. The zero-order chi connectivity index (χ0) is 22.1. The molecule has 10 nitrogen and oxygen atoms in total. The fourth-order valence-electron chi connectivity index (χ4n) is 4.16. The summed E-state index contributed by atoms with van der Waals surface area (Å²) in [6, 6.07) is 7.99. The summed E-state index contributed by atoms with van der Waals surface area (Å²) in [4.78, 5) is 32.2. The Morgan fingerprint density at radius 3 is 2.81 bits per heavy atom. The van der Waals surface area contributed by atoms with Gasteiger partial charge in [-0.3, -0.25) is 0 Å². The minimum atomic E-state index is -0.926. The monoisotopic (exact) mass is 435 g/mol. The third kappa shape index (κ3) is 3.96. The van der Waals surface area contributed by atoms with Gasteiger partial charge in [-0.05, 0) is 37.6 Å². The number of aromatic nitrogens is 4. The number of hydrogen-bond donors (Lipinski definition) is 3. The standard InChI is InChI=1S/C22H25N7O3/c1-14-13-32-11-10-29(14)20-17-6-9-28(22(30)31)12-18(17)26-19(27-20)15-2-4-16(5-3-15)25-21-23-7-8-24-21/h2-5,7-8,14H,6,9-13H2,1H3,(H,30,31)(H2,23,24,25). The second kappa shape index (κ2) is 8.46. The molecule has 2 aliphatic rings.